The van der Waals surface area contributed by atoms with Gasteiger partial charge in [-0.05, 0) is 13.3 Å². The Balaban J connectivity index is 3.02. The van der Waals surface area contributed by atoms with E-state index in [1.807, 2.05) is 0 Å². The van der Waals surface area contributed by atoms with E-state index >= 15 is 0 Å². The van der Waals surface area contributed by atoms with Gasteiger partial charge in [0, 0.05) is 0 Å². The van der Waals surface area contributed by atoms with E-state index in [1.54, 1.807) is 0 Å². The average molecular weight is 174 g/mol. The first-order valence-electron chi connectivity index (χ1n) is 5.03. The van der Waals surface area contributed by atoms with Gasteiger partial charge in [0.15, 0.2) is 0 Å². The lowest BCUT2D eigenvalue weighted by Gasteiger charge is -2.11. The van der Waals surface area contributed by atoms with Gasteiger partial charge in [-0.3, -0.25) is 0 Å². The molecule has 74 valence electrons. The Kier molecular flexibility index (Phi) is 8.95. The van der Waals surface area contributed by atoms with Crippen LogP contribution in [0.1, 0.15) is 46.0 Å². The molecule has 0 saturated carbocycles. The first-order chi connectivity index (χ1) is 5.81. The minimum atomic E-state index is 0.138. The highest BCUT2D eigenvalue weighted by atomic mass is 16.5. The lowest BCUT2D eigenvalue weighted by atomic mass is 10.1. The summed E-state index contributed by atoms with van der Waals surface area (Å²) < 4.78 is 5.32. The number of hydrogen-bond acceptors (Lipinski definition) is 2. The van der Waals surface area contributed by atoms with E-state index in [1.165, 1.54) is 25.7 Å². The Bertz CT molecular complexity index is 83.9. The predicted octanol–water partition coefficient (Wildman–Crippen LogP) is 2.35. The van der Waals surface area contributed by atoms with Crippen molar-refractivity contribution in [3.63, 3.8) is 0 Å². The van der Waals surface area contributed by atoms with Crippen LogP contribution in [-0.4, -0.2) is 24.4 Å². The van der Waals surface area contributed by atoms with Gasteiger partial charge in [-0.1, -0.05) is 32.6 Å². The Labute approximate surface area is 75.9 Å². The van der Waals surface area contributed by atoms with Crippen LogP contribution in [0.15, 0.2) is 0 Å². The molecule has 0 aliphatic heterocycles. The molecule has 0 aromatic carbocycles. The fourth-order valence-electron chi connectivity index (χ4n) is 1.20. The normalized spacial score (nSPS) is 13.2. The van der Waals surface area contributed by atoms with Crippen LogP contribution in [0.4, 0.5) is 0 Å². The van der Waals surface area contributed by atoms with Crippen LogP contribution in [0, 0.1) is 0 Å². The number of unbranched alkanes of at least 4 members (excludes halogenated alkanes) is 3. The average Bonchev–Trinajstić information content (AvgIpc) is 2.09. The zero-order valence-electron chi connectivity index (χ0n) is 8.38. The lowest BCUT2D eigenvalue weighted by molar-refractivity contribution is 0.0334. The van der Waals surface area contributed by atoms with Crippen molar-refractivity contribution in [3.05, 3.63) is 0 Å². The topological polar surface area (TPSA) is 29.5 Å². The van der Waals surface area contributed by atoms with Crippen LogP contribution < -0.4 is 0 Å². The van der Waals surface area contributed by atoms with Gasteiger partial charge >= 0.3 is 0 Å². The fourth-order valence-corrected chi connectivity index (χ4v) is 1.20. The Hall–Kier alpha value is -0.0800. The van der Waals surface area contributed by atoms with Crippen molar-refractivity contribution in [2.45, 2.75) is 52.1 Å². The summed E-state index contributed by atoms with van der Waals surface area (Å²) in [6.07, 6.45) is 6.61. The zero-order valence-corrected chi connectivity index (χ0v) is 8.38. The molecule has 0 bridgehead atoms. The molecule has 1 N–H and O–H groups in total. The molecule has 0 amide bonds. The van der Waals surface area contributed by atoms with Crippen molar-refractivity contribution in [2.24, 2.45) is 0 Å². The molecule has 0 fully saturated rings. The standard InChI is InChI=1S/C10H22O2/c1-3-4-5-6-7-10(2)12-9-8-11/h10-11H,3-9H2,1-2H3/t10-/m1/s1. The molecule has 12 heavy (non-hydrogen) atoms. The number of ether oxygens (including phenoxy) is 1. The molecule has 0 unspecified atom stereocenters. The molecule has 0 rings (SSSR count). The molecule has 0 heterocycles. The molecule has 2 heteroatoms. The highest BCUT2D eigenvalue weighted by Gasteiger charge is 2.00. The predicted molar refractivity (Wildman–Crippen MR) is 51.3 cm³/mol. The molecular weight excluding hydrogens is 152 g/mol. The number of aliphatic hydroxyl groups is 1. The second kappa shape index (κ2) is 9.01. The largest absolute Gasteiger partial charge is 0.394 e. The summed E-state index contributed by atoms with van der Waals surface area (Å²) in [6, 6.07) is 0. The molecule has 0 aromatic rings. The number of aliphatic hydroxyl groups excluding tert-OH is 1. The number of rotatable bonds is 8. The molecule has 0 saturated heterocycles. The first-order valence-corrected chi connectivity index (χ1v) is 5.03. The Morgan fingerprint density at radius 3 is 2.58 bits per heavy atom. The van der Waals surface area contributed by atoms with E-state index in [9.17, 15) is 0 Å². The van der Waals surface area contributed by atoms with Crippen molar-refractivity contribution in [2.75, 3.05) is 13.2 Å². The van der Waals surface area contributed by atoms with Crippen molar-refractivity contribution >= 4 is 0 Å². The van der Waals surface area contributed by atoms with Gasteiger partial charge in [-0.15, -0.1) is 0 Å². The molecule has 0 spiro atoms. The maximum atomic E-state index is 8.50. The lowest BCUT2D eigenvalue weighted by Crippen LogP contribution is -2.11. The van der Waals surface area contributed by atoms with Crippen LogP contribution in [0.5, 0.6) is 0 Å². The highest BCUT2D eigenvalue weighted by molar-refractivity contribution is 4.51. The van der Waals surface area contributed by atoms with Gasteiger partial charge in [0.2, 0.25) is 0 Å². The van der Waals surface area contributed by atoms with Crippen LogP contribution in [0.2, 0.25) is 0 Å². The summed E-state index contributed by atoms with van der Waals surface area (Å²) in [5, 5.41) is 8.50. The van der Waals surface area contributed by atoms with Gasteiger partial charge in [-0.25, -0.2) is 0 Å². The second-order valence-corrected chi connectivity index (χ2v) is 3.25. The quantitative estimate of drug-likeness (QED) is 0.572. The summed E-state index contributed by atoms with van der Waals surface area (Å²) >= 11 is 0. The van der Waals surface area contributed by atoms with Crippen LogP contribution >= 0.6 is 0 Å². The van der Waals surface area contributed by atoms with Gasteiger partial charge in [-0.2, -0.15) is 0 Å². The summed E-state index contributed by atoms with van der Waals surface area (Å²) in [4.78, 5) is 0. The third kappa shape index (κ3) is 8.02. The van der Waals surface area contributed by atoms with E-state index in [0.717, 1.165) is 6.42 Å². The maximum Gasteiger partial charge on any atom is 0.0701 e. The van der Waals surface area contributed by atoms with Crippen molar-refractivity contribution in [1.82, 2.24) is 0 Å². The molecule has 1 atom stereocenters. The minimum absolute atomic E-state index is 0.138. The van der Waals surface area contributed by atoms with E-state index < -0.39 is 0 Å². The fraction of sp³-hybridized carbons (Fsp3) is 1.00. The van der Waals surface area contributed by atoms with E-state index in [2.05, 4.69) is 13.8 Å². The van der Waals surface area contributed by atoms with Crippen LogP contribution in [0.25, 0.3) is 0 Å². The smallest absolute Gasteiger partial charge is 0.0701 e. The Morgan fingerprint density at radius 2 is 2.00 bits per heavy atom. The third-order valence-electron chi connectivity index (χ3n) is 1.96. The molecule has 0 aliphatic rings. The summed E-state index contributed by atoms with van der Waals surface area (Å²) in [7, 11) is 0. The summed E-state index contributed by atoms with van der Waals surface area (Å²) in [6.45, 7) is 4.90. The van der Waals surface area contributed by atoms with Crippen molar-refractivity contribution < 1.29 is 9.84 Å². The second-order valence-electron chi connectivity index (χ2n) is 3.25. The van der Waals surface area contributed by atoms with Gasteiger partial charge in [0.25, 0.3) is 0 Å². The van der Waals surface area contributed by atoms with E-state index in [0.29, 0.717) is 12.7 Å². The summed E-state index contributed by atoms with van der Waals surface area (Å²) in [5.74, 6) is 0. The van der Waals surface area contributed by atoms with Gasteiger partial charge < -0.3 is 9.84 Å². The Morgan fingerprint density at radius 1 is 1.25 bits per heavy atom. The van der Waals surface area contributed by atoms with Crippen LogP contribution in [0.3, 0.4) is 0 Å². The van der Waals surface area contributed by atoms with Crippen molar-refractivity contribution in [1.29, 1.82) is 0 Å². The maximum absolute atomic E-state index is 8.50. The van der Waals surface area contributed by atoms with Crippen molar-refractivity contribution in [3.8, 4) is 0 Å². The highest BCUT2D eigenvalue weighted by Crippen LogP contribution is 2.07. The minimum Gasteiger partial charge on any atom is -0.394 e. The molecular formula is C10H22O2. The molecule has 2 nitrogen and oxygen atoms in total. The summed E-state index contributed by atoms with van der Waals surface area (Å²) in [5.41, 5.74) is 0. The van der Waals surface area contributed by atoms with Crippen LogP contribution in [-0.2, 0) is 4.74 Å². The monoisotopic (exact) mass is 174 g/mol. The van der Waals surface area contributed by atoms with Gasteiger partial charge in [0.1, 0.15) is 0 Å². The van der Waals surface area contributed by atoms with E-state index in [-0.39, 0.29) is 6.61 Å². The first kappa shape index (κ1) is 11.9. The SMILES string of the molecule is CCCCCC[C@@H](C)OCCO. The third-order valence-corrected chi connectivity index (χ3v) is 1.96. The zero-order chi connectivity index (χ0) is 9.23. The van der Waals surface area contributed by atoms with E-state index in [4.69, 9.17) is 9.84 Å². The molecule has 0 aliphatic carbocycles. The molecule has 0 radical (unpaired) electrons. The number of hydrogen-bond donors (Lipinski definition) is 1. The molecule has 0 aromatic heterocycles. The van der Waals surface area contributed by atoms with Gasteiger partial charge in [0.05, 0.1) is 19.3 Å².